The summed E-state index contributed by atoms with van der Waals surface area (Å²) in [6, 6.07) is 0. The Labute approximate surface area is 144 Å². The summed E-state index contributed by atoms with van der Waals surface area (Å²) in [5, 5.41) is 10.3. The van der Waals surface area contributed by atoms with Gasteiger partial charge in [0.25, 0.3) is 6.43 Å². The average Bonchev–Trinajstić information content (AvgIpc) is 2.90. The van der Waals surface area contributed by atoms with Crippen molar-refractivity contribution < 1.29 is 13.9 Å². The van der Waals surface area contributed by atoms with E-state index in [9.17, 15) is 13.9 Å². The maximum absolute atomic E-state index is 13.2. The van der Waals surface area contributed by atoms with Gasteiger partial charge < -0.3 is 5.11 Å². The van der Waals surface area contributed by atoms with Crippen LogP contribution >= 0.6 is 0 Å². The summed E-state index contributed by atoms with van der Waals surface area (Å²) in [6.45, 7) is 4.68. The third-order valence-corrected chi connectivity index (χ3v) is 8.65. The zero-order chi connectivity index (χ0) is 17.1. The molecule has 0 bridgehead atoms. The quantitative estimate of drug-likeness (QED) is 0.619. The number of halogens is 2. The number of allylic oxidation sites excluding steroid dienone is 2. The Kier molecular flexibility index (Phi) is 4.10. The second-order valence-electron chi connectivity index (χ2n) is 9.39. The largest absolute Gasteiger partial charge is 0.384 e. The number of fused-ring (bicyclic) bond motifs is 5. The molecule has 4 fully saturated rings. The van der Waals surface area contributed by atoms with Crippen molar-refractivity contribution in [2.45, 2.75) is 83.7 Å². The van der Waals surface area contributed by atoms with Crippen molar-refractivity contribution in [3.05, 3.63) is 11.6 Å². The molecular formula is C21H32F2O. The lowest BCUT2D eigenvalue weighted by Gasteiger charge is -2.56. The van der Waals surface area contributed by atoms with Gasteiger partial charge in [-0.1, -0.05) is 18.6 Å². The minimum atomic E-state index is -2.59. The van der Waals surface area contributed by atoms with Crippen LogP contribution in [0, 0.1) is 35.0 Å². The summed E-state index contributed by atoms with van der Waals surface area (Å²) in [6.07, 6.45) is 8.61. The maximum Gasteiger partial charge on any atom is 0.266 e. The molecule has 0 amide bonds. The van der Waals surface area contributed by atoms with E-state index < -0.39 is 12.0 Å². The van der Waals surface area contributed by atoms with Gasteiger partial charge in [0, 0.05) is 0 Å². The minimum absolute atomic E-state index is 0.303. The molecule has 4 unspecified atom stereocenters. The molecule has 0 radical (unpaired) electrons. The Morgan fingerprint density at radius 2 is 1.79 bits per heavy atom. The Morgan fingerprint density at radius 1 is 1.04 bits per heavy atom. The number of hydrogen-bond acceptors (Lipinski definition) is 1. The van der Waals surface area contributed by atoms with Gasteiger partial charge in [-0.05, 0) is 99.7 Å². The van der Waals surface area contributed by atoms with Gasteiger partial charge in [-0.25, -0.2) is 8.78 Å². The maximum atomic E-state index is 13.2. The van der Waals surface area contributed by atoms with Crippen molar-refractivity contribution in [2.75, 3.05) is 0 Å². The number of aliphatic hydroxyl groups is 1. The molecule has 0 aromatic carbocycles. The van der Waals surface area contributed by atoms with Crippen LogP contribution in [0.5, 0.6) is 0 Å². The highest BCUT2D eigenvalue weighted by Gasteiger charge is 2.57. The molecule has 4 aliphatic rings. The van der Waals surface area contributed by atoms with Gasteiger partial charge in [0.1, 0.15) is 5.60 Å². The summed E-state index contributed by atoms with van der Waals surface area (Å²) >= 11 is 0. The van der Waals surface area contributed by atoms with Crippen LogP contribution in [0.2, 0.25) is 0 Å². The van der Waals surface area contributed by atoms with E-state index in [2.05, 4.69) is 19.9 Å². The Bertz CT molecular complexity index is 530. The van der Waals surface area contributed by atoms with Crippen LogP contribution < -0.4 is 0 Å². The standard InChI is InChI=1S/C21H32F2O/c1-3-14-5-7-18-17-6-4-13-12-21(24,19(22)23)11-9-15(13)16(17)8-10-20(14,18)2/h3,13,15-19,24H,4-12H2,1-2H3/t13?,15-,16?,17?,18?,20+,21+/m0/s1. The van der Waals surface area contributed by atoms with Crippen molar-refractivity contribution in [2.24, 2.45) is 35.0 Å². The van der Waals surface area contributed by atoms with Crippen molar-refractivity contribution in [3.8, 4) is 0 Å². The van der Waals surface area contributed by atoms with Gasteiger partial charge in [-0.15, -0.1) is 0 Å². The lowest BCUT2D eigenvalue weighted by Crippen LogP contribution is -2.52. The molecule has 1 nitrogen and oxygen atoms in total. The molecule has 4 saturated carbocycles. The van der Waals surface area contributed by atoms with Crippen LogP contribution in [0.1, 0.15) is 71.6 Å². The topological polar surface area (TPSA) is 20.2 Å². The third kappa shape index (κ3) is 2.33. The first-order chi connectivity index (χ1) is 11.4. The van der Waals surface area contributed by atoms with E-state index in [1.54, 1.807) is 5.57 Å². The molecule has 0 aromatic heterocycles. The van der Waals surface area contributed by atoms with Crippen molar-refractivity contribution in [1.82, 2.24) is 0 Å². The molecule has 3 heteroatoms. The van der Waals surface area contributed by atoms with Crippen molar-refractivity contribution >= 4 is 0 Å². The fourth-order valence-corrected chi connectivity index (χ4v) is 7.43. The molecule has 136 valence electrons. The van der Waals surface area contributed by atoms with E-state index in [1.165, 1.54) is 32.1 Å². The van der Waals surface area contributed by atoms with Gasteiger partial charge in [0.15, 0.2) is 0 Å². The highest BCUT2D eigenvalue weighted by molar-refractivity contribution is 5.23. The molecule has 0 heterocycles. The SMILES string of the molecule is CC=C1CCC2C3CCC4C[C@@](O)(C(F)F)CC[C@@H]4C3CC[C@]12C. The van der Waals surface area contributed by atoms with Gasteiger partial charge in [-0.3, -0.25) is 0 Å². The minimum Gasteiger partial charge on any atom is -0.384 e. The van der Waals surface area contributed by atoms with Gasteiger partial charge in [-0.2, -0.15) is 0 Å². The van der Waals surface area contributed by atoms with E-state index in [0.717, 1.165) is 30.6 Å². The number of hydrogen-bond donors (Lipinski definition) is 1. The first-order valence-electron chi connectivity index (χ1n) is 10.1. The summed E-state index contributed by atoms with van der Waals surface area (Å²) in [4.78, 5) is 0. The molecule has 4 rings (SSSR count). The molecular weight excluding hydrogens is 306 g/mol. The molecule has 7 atom stereocenters. The van der Waals surface area contributed by atoms with Crippen molar-refractivity contribution in [3.63, 3.8) is 0 Å². The Hall–Kier alpha value is -0.440. The number of rotatable bonds is 1. The molecule has 0 saturated heterocycles. The predicted octanol–water partition coefficient (Wildman–Crippen LogP) is 5.58. The van der Waals surface area contributed by atoms with Crippen LogP contribution in [0.4, 0.5) is 8.78 Å². The lowest BCUT2D eigenvalue weighted by atomic mass is 9.49. The van der Waals surface area contributed by atoms with Crippen LogP contribution in [0.15, 0.2) is 11.6 Å². The monoisotopic (exact) mass is 338 g/mol. The summed E-state index contributed by atoms with van der Waals surface area (Å²) < 4.78 is 26.5. The Balaban J connectivity index is 1.54. The zero-order valence-electron chi connectivity index (χ0n) is 15.1. The summed E-state index contributed by atoms with van der Waals surface area (Å²) in [5.74, 6) is 3.23. The first kappa shape index (κ1) is 17.0. The average molecular weight is 338 g/mol. The van der Waals surface area contributed by atoms with Crippen LogP contribution in [0.3, 0.4) is 0 Å². The highest BCUT2D eigenvalue weighted by atomic mass is 19.3. The predicted molar refractivity (Wildman–Crippen MR) is 91.8 cm³/mol. The molecule has 4 aliphatic carbocycles. The molecule has 0 spiro atoms. The van der Waals surface area contributed by atoms with Crippen molar-refractivity contribution in [1.29, 1.82) is 0 Å². The van der Waals surface area contributed by atoms with Gasteiger partial charge in [0.2, 0.25) is 0 Å². The summed E-state index contributed by atoms with van der Waals surface area (Å²) in [5.41, 5.74) is 0.368. The third-order valence-electron chi connectivity index (χ3n) is 8.65. The number of alkyl halides is 2. The highest BCUT2D eigenvalue weighted by Crippen LogP contribution is 2.64. The van der Waals surface area contributed by atoms with E-state index in [0.29, 0.717) is 30.1 Å². The van der Waals surface area contributed by atoms with Gasteiger partial charge in [0.05, 0.1) is 0 Å². The fraction of sp³-hybridized carbons (Fsp3) is 0.905. The van der Waals surface area contributed by atoms with E-state index in [4.69, 9.17) is 0 Å². The molecule has 0 aromatic rings. The smallest absolute Gasteiger partial charge is 0.266 e. The van der Waals surface area contributed by atoms with Crippen LogP contribution in [-0.4, -0.2) is 17.1 Å². The van der Waals surface area contributed by atoms with Crippen LogP contribution in [-0.2, 0) is 0 Å². The molecule has 0 aliphatic heterocycles. The van der Waals surface area contributed by atoms with Crippen LogP contribution in [0.25, 0.3) is 0 Å². The van der Waals surface area contributed by atoms with E-state index in [1.807, 2.05) is 0 Å². The first-order valence-corrected chi connectivity index (χ1v) is 10.1. The zero-order valence-corrected chi connectivity index (χ0v) is 15.1. The van der Waals surface area contributed by atoms with Gasteiger partial charge >= 0.3 is 0 Å². The second kappa shape index (κ2) is 5.79. The molecule has 1 N–H and O–H groups in total. The summed E-state index contributed by atoms with van der Waals surface area (Å²) in [7, 11) is 0. The second-order valence-corrected chi connectivity index (χ2v) is 9.39. The Morgan fingerprint density at radius 3 is 2.50 bits per heavy atom. The lowest BCUT2D eigenvalue weighted by molar-refractivity contribution is -0.157. The fourth-order valence-electron chi connectivity index (χ4n) is 7.43. The van der Waals surface area contributed by atoms with E-state index in [-0.39, 0.29) is 0 Å². The normalized spacial score (nSPS) is 52.9. The molecule has 24 heavy (non-hydrogen) atoms. The van der Waals surface area contributed by atoms with E-state index >= 15 is 0 Å².